The van der Waals surface area contributed by atoms with Crippen molar-refractivity contribution in [2.45, 2.75) is 6.18 Å². The maximum atomic E-state index is 12.7. The number of benzene rings is 2. The first-order valence-electron chi connectivity index (χ1n) is 7.99. The molecule has 0 saturated heterocycles. The average molecular weight is 391 g/mol. The number of hydrogen-bond acceptors (Lipinski definition) is 4. The Bertz CT molecular complexity index is 960. The van der Waals surface area contributed by atoms with Crippen LogP contribution < -0.4 is 10.2 Å². The van der Waals surface area contributed by atoms with Gasteiger partial charge in [-0.15, -0.1) is 0 Å². The Morgan fingerprint density at radius 3 is 2.54 bits per heavy atom. The van der Waals surface area contributed by atoms with Gasteiger partial charge in [-0.1, -0.05) is 17.9 Å². The van der Waals surface area contributed by atoms with Crippen LogP contribution in [-0.2, 0) is 6.18 Å². The van der Waals surface area contributed by atoms with Gasteiger partial charge in [0, 0.05) is 31.3 Å². The van der Waals surface area contributed by atoms with Gasteiger partial charge in [0.25, 0.3) is 11.6 Å². The highest BCUT2D eigenvalue weighted by molar-refractivity contribution is 5.95. The van der Waals surface area contributed by atoms with E-state index in [0.29, 0.717) is 5.69 Å². The molecule has 0 heterocycles. The molecule has 0 aromatic heterocycles. The third kappa shape index (κ3) is 5.23. The number of alkyl halides is 3. The van der Waals surface area contributed by atoms with Gasteiger partial charge < -0.3 is 10.2 Å². The van der Waals surface area contributed by atoms with Crippen molar-refractivity contribution in [1.29, 1.82) is 0 Å². The Morgan fingerprint density at radius 2 is 1.93 bits per heavy atom. The fraction of sp³-hybridized carbons (Fsp3) is 0.211. The summed E-state index contributed by atoms with van der Waals surface area (Å²) in [6, 6.07) is 8.59. The van der Waals surface area contributed by atoms with E-state index in [2.05, 4.69) is 17.2 Å². The van der Waals surface area contributed by atoms with Crippen LogP contribution in [0.5, 0.6) is 0 Å². The summed E-state index contributed by atoms with van der Waals surface area (Å²) in [7, 11) is 3.29. The fourth-order valence-corrected chi connectivity index (χ4v) is 2.34. The molecule has 0 fully saturated rings. The van der Waals surface area contributed by atoms with E-state index < -0.39 is 22.6 Å². The van der Waals surface area contributed by atoms with E-state index in [1.807, 2.05) is 0 Å². The molecule has 1 amide bonds. The van der Waals surface area contributed by atoms with Gasteiger partial charge in [-0.05, 0) is 30.3 Å². The summed E-state index contributed by atoms with van der Waals surface area (Å²) in [5, 5.41) is 13.6. The first-order chi connectivity index (χ1) is 13.1. The Hall–Kier alpha value is -3.54. The van der Waals surface area contributed by atoms with Crippen molar-refractivity contribution in [2.75, 3.05) is 25.5 Å². The molecule has 2 aromatic carbocycles. The molecule has 6 nitrogen and oxygen atoms in total. The fourth-order valence-electron chi connectivity index (χ4n) is 2.34. The standard InChI is InChI=1S/C19H16F3N3O3/c1-24(2)16-9-8-14(12-17(16)25(27)28)18(26)23-10-4-6-13-5-3-7-15(11-13)19(20,21)22/h3,5,7-9,11-12H,10H2,1-2H3,(H,23,26). The van der Waals surface area contributed by atoms with Gasteiger partial charge in [0.1, 0.15) is 5.69 Å². The van der Waals surface area contributed by atoms with E-state index in [4.69, 9.17) is 0 Å². The third-order valence-corrected chi connectivity index (χ3v) is 3.68. The number of halogens is 3. The highest BCUT2D eigenvalue weighted by Gasteiger charge is 2.30. The molecule has 0 bridgehead atoms. The van der Waals surface area contributed by atoms with Crippen LogP contribution in [0.2, 0.25) is 0 Å². The lowest BCUT2D eigenvalue weighted by Gasteiger charge is -2.13. The second-order valence-electron chi connectivity index (χ2n) is 5.92. The largest absolute Gasteiger partial charge is 0.416 e. The molecule has 0 aliphatic carbocycles. The lowest BCUT2D eigenvalue weighted by molar-refractivity contribution is -0.384. The Kier molecular flexibility index (Phi) is 6.26. The summed E-state index contributed by atoms with van der Waals surface area (Å²) >= 11 is 0. The van der Waals surface area contributed by atoms with E-state index in [9.17, 15) is 28.1 Å². The first-order valence-corrected chi connectivity index (χ1v) is 7.99. The molecule has 0 unspecified atom stereocenters. The number of nitro benzene ring substituents is 1. The van der Waals surface area contributed by atoms with Gasteiger partial charge in [-0.25, -0.2) is 0 Å². The van der Waals surface area contributed by atoms with Crippen molar-refractivity contribution in [2.24, 2.45) is 0 Å². The molecule has 0 saturated carbocycles. The van der Waals surface area contributed by atoms with Crippen molar-refractivity contribution in [3.8, 4) is 11.8 Å². The molecular formula is C19H16F3N3O3. The van der Waals surface area contributed by atoms with E-state index >= 15 is 0 Å². The summed E-state index contributed by atoms with van der Waals surface area (Å²) < 4.78 is 38.0. The van der Waals surface area contributed by atoms with Crippen LogP contribution in [0.25, 0.3) is 0 Å². The number of carbonyl (C=O) groups is 1. The molecule has 9 heteroatoms. The zero-order chi connectivity index (χ0) is 20.9. The molecule has 2 aromatic rings. The normalized spacial score (nSPS) is 10.6. The quantitative estimate of drug-likeness (QED) is 0.492. The third-order valence-electron chi connectivity index (χ3n) is 3.68. The minimum absolute atomic E-state index is 0.0816. The Balaban J connectivity index is 2.07. The number of nitrogens with one attached hydrogen (secondary N) is 1. The summed E-state index contributed by atoms with van der Waals surface area (Å²) in [5.74, 6) is 4.52. The summed E-state index contributed by atoms with van der Waals surface area (Å²) in [5.41, 5.74) is -0.427. The van der Waals surface area contributed by atoms with Crippen LogP contribution in [0.3, 0.4) is 0 Å². The van der Waals surface area contributed by atoms with Crippen molar-refractivity contribution in [3.63, 3.8) is 0 Å². The molecule has 0 atom stereocenters. The van der Waals surface area contributed by atoms with Crippen LogP contribution in [0.15, 0.2) is 42.5 Å². The smallest absolute Gasteiger partial charge is 0.372 e. The van der Waals surface area contributed by atoms with Crippen molar-refractivity contribution < 1.29 is 22.9 Å². The number of nitro groups is 1. The number of hydrogen-bond donors (Lipinski definition) is 1. The molecule has 2 rings (SSSR count). The molecule has 0 spiro atoms. The van der Waals surface area contributed by atoms with Crippen LogP contribution in [0.1, 0.15) is 21.5 Å². The maximum absolute atomic E-state index is 12.7. The zero-order valence-corrected chi connectivity index (χ0v) is 15.0. The SMILES string of the molecule is CN(C)c1ccc(C(=O)NCC#Cc2cccc(C(F)(F)F)c2)cc1[N+](=O)[O-]. The molecule has 0 aliphatic heterocycles. The molecular weight excluding hydrogens is 375 g/mol. The molecule has 146 valence electrons. The van der Waals surface area contributed by atoms with Gasteiger partial charge in [0.05, 0.1) is 17.0 Å². The van der Waals surface area contributed by atoms with Crippen LogP contribution in [0.4, 0.5) is 24.5 Å². The number of rotatable bonds is 4. The zero-order valence-electron chi connectivity index (χ0n) is 15.0. The molecule has 1 N–H and O–H groups in total. The molecule has 0 aliphatic rings. The number of anilines is 1. The second kappa shape index (κ2) is 8.43. The van der Waals surface area contributed by atoms with E-state index in [1.165, 1.54) is 24.3 Å². The lowest BCUT2D eigenvalue weighted by atomic mass is 10.1. The maximum Gasteiger partial charge on any atom is 0.416 e. The summed E-state index contributed by atoms with van der Waals surface area (Å²) in [6.07, 6.45) is -4.46. The van der Waals surface area contributed by atoms with Crippen LogP contribution >= 0.6 is 0 Å². The topological polar surface area (TPSA) is 75.5 Å². The second-order valence-corrected chi connectivity index (χ2v) is 5.92. The van der Waals surface area contributed by atoms with Crippen molar-refractivity contribution in [3.05, 3.63) is 69.3 Å². The van der Waals surface area contributed by atoms with E-state index in [-0.39, 0.29) is 23.4 Å². The number of amides is 1. The van der Waals surface area contributed by atoms with E-state index in [0.717, 1.165) is 18.2 Å². The average Bonchev–Trinajstić information content (AvgIpc) is 2.64. The lowest BCUT2D eigenvalue weighted by Crippen LogP contribution is -2.24. The van der Waals surface area contributed by atoms with Gasteiger partial charge in [0.2, 0.25) is 0 Å². The minimum atomic E-state index is -4.46. The predicted octanol–water partition coefficient (Wildman–Crippen LogP) is 3.46. The van der Waals surface area contributed by atoms with Crippen LogP contribution in [-0.4, -0.2) is 31.5 Å². The van der Waals surface area contributed by atoms with Gasteiger partial charge >= 0.3 is 6.18 Å². The van der Waals surface area contributed by atoms with E-state index in [1.54, 1.807) is 19.0 Å². The highest BCUT2D eigenvalue weighted by Crippen LogP contribution is 2.29. The molecule has 0 radical (unpaired) electrons. The monoisotopic (exact) mass is 391 g/mol. The first kappa shape index (κ1) is 20.8. The van der Waals surface area contributed by atoms with Crippen molar-refractivity contribution in [1.82, 2.24) is 5.32 Å². The summed E-state index contributed by atoms with van der Waals surface area (Å²) in [6.45, 7) is -0.127. The van der Waals surface area contributed by atoms with Crippen molar-refractivity contribution >= 4 is 17.3 Å². The van der Waals surface area contributed by atoms with Gasteiger partial charge in [0.15, 0.2) is 0 Å². The summed E-state index contributed by atoms with van der Waals surface area (Å²) in [4.78, 5) is 24.3. The van der Waals surface area contributed by atoms with Gasteiger partial charge in [-0.2, -0.15) is 13.2 Å². The predicted molar refractivity (Wildman–Crippen MR) is 98.1 cm³/mol. The minimum Gasteiger partial charge on any atom is -0.372 e. The number of nitrogens with zero attached hydrogens (tertiary/aromatic N) is 2. The highest BCUT2D eigenvalue weighted by atomic mass is 19.4. The Morgan fingerprint density at radius 1 is 1.21 bits per heavy atom. The number of carbonyl (C=O) groups excluding carboxylic acids is 1. The van der Waals surface area contributed by atoms with Crippen LogP contribution in [0, 0.1) is 22.0 Å². The molecule has 28 heavy (non-hydrogen) atoms. The Labute approximate surface area is 159 Å². The van der Waals surface area contributed by atoms with Gasteiger partial charge in [-0.3, -0.25) is 14.9 Å².